The molecule has 2 rings (SSSR count). The summed E-state index contributed by atoms with van der Waals surface area (Å²) in [6.07, 6.45) is 0.470. The fourth-order valence-corrected chi connectivity index (χ4v) is 3.03. The highest BCUT2D eigenvalue weighted by molar-refractivity contribution is 7.91. The Morgan fingerprint density at radius 2 is 2.18 bits per heavy atom. The molecule has 1 amide bonds. The molecular formula is C9H14N4O3S. The number of aromatic amines is 1. The number of nitrogens with one attached hydrogen (secondary N) is 1. The Labute approximate surface area is 98.9 Å². The summed E-state index contributed by atoms with van der Waals surface area (Å²) in [5, 5.41) is 6.20. The predicted molar refractivity (Wildman–Crippen MR) is 62.2 cm³/mol. The third-order valence-electron chi connectivity index (χ3n) is 2.67. The SMILES string of the molecule is Nc1cc(C(=O)N2CCCS(=O)(=O)CC2)[nH]n1. The van der Waals surface area contributed by atoms with Crippen LogP contribution < -0.4 is 5.73 Å². The van der Waals surface area contributed by atoms with Gasteiger partial charge in [-0.2, -0.15) is 5.10 Å². The molecule has 3 N–H and O–H groups in total. The van der Waals surface area contributed by atoms with E-state index in [4.69, 9.17) is 5.73 Å². The van der Waals surface area contributed by atoms with Crippen LogP contribution in [-0.2, 0) is 9.84 Å². The van der Waals surface area contributed by atoms with Crippen molar-refractivity contribution in [1.82, 2.24) is 15.1 Å². The number of rotatable bonds is 1. The zero-order valence-corrected chi connectivity index (χ0v) is 10.0. The van der Waals surface area contributed by atoms with Gasteiger partial charge in [-0.15, -0.1) is 0 Å². The zero-order valence-electron chi connectivity index (χ0n) is 9.22. The number of nitrogen functional groups attached to an aromatic ring is 1. The Balaban J connectivity index is 2.10. The van der Waals surface area contributed by atoms with Crippen molar-refractivity contribution in [3.63, 3.8) is 0 Å². The van der Waals surface area contributed by atoms with Gasteiger partial charge in [0.1, 0.15) is 11.5 Å². The maximum atomic E-state index is 12.0. The standard InChI is InChI=1S/C9H14N4O3S/c10-8-6-7(11-12-8)9(14)13-2-1-4-17(15,16)5-3-13/h6H,1-5H2,(H3,10,11,12). The fraction of sp³-hybridized carbons (Fsp3) is 0.556. The molecule has 1 aromatic rings. The average molecular weight is 258 g/mol. The molecular weight excluding hydrogens is 244 g/mol. The van der Waals surface area contributed by atoms with Crippen LogP contribution in [0, 0.1) is 0 Å². The molecule has 1 fully saturated rings. The van der Waals surface area contributed by atoms with Crippen LogP contribution in [0.5, 0.6) is 0 Å². The van der Waals surface area contributed by atoms with Crippen LogP contribution in [-0.4, -0.2) is 54.0 Å². The van der Waals surface area contributed by atoms with E-state index in [1.165, 1.54) is 11.0 Å². The molecule has 0 unspecified atom stereocenters. The Morgan fingerprint density at radius 3 is 2.82 bits per heavy atom. The number of anilines is 1. The lowest BCUT2D eigenvalue weighted by Gasteiger charge is -2.18. The molecule has 0 atom stereocenters. The van der Waals surface area contributed by atoms with E-state index in [2.05, 4.69) is 10.2 Å². The van der Waals surface area contributed by atoms with Crippen LogP contribution in [0.25, 0.3) is 0 Å². The highest BCUT2D eigenvalue weighted by Crippen LogP contribution is 2.10. The molecule has 94 valence electrons. The Kier molecular flexibility index (Phi) is 3.05. The first-order valence-electron chi connectivity index (χ1n) is 5.28. The summed E-state index contributed by atoms with van der Waals surface area (Å²) < 4.78 is 22.8. The van der Waals surface area contributed by atoms with Gasteiger partial charge in [0.2, 0.25) is 0 Å². The first kappa shape index (κ1) is 11.9. The minimum atomic E-state index is -3.01. The van der Waals surface area contributed by atoms with Crippen molar-refractivity contribution < 1.29 is 13.2 Å². The smallest absolute Gasteiger partial charge is 0.271 e. The Morgan fingerprint density at radius 1 is 1.41 bits per heavy atom. The summed E-state index contributed by atoms with van der Waals surface area (Å²) in [4.78, 5) is 13.5. The largest absolute Gasteiger partial charge is 0.382 e. The number of amides is 1. The normalized spacial score (nSPS) is 19.9. The summed E-state index contributed by atoms with van der Waals surface area (Å²) in [6.45, 7) is 0.664. The molecule has 0 saturated carbocycles. The predicted octanol–water partition coefficient (Wildman–Crippen LogP) is -0.747. The molecule has 0 aromatic carbocycles. The number of carbonyl (C=O) groups excluding carboxylic acids is 1. The van der Waals surface area contributed by atoms with Crippen LogP contribution >= 0.6 is 0 Å². The zero-order chi connectivity index (χ0) is 12.5. The average Bonchev–Trinajstić information content (AvgIpc) is 2.60. The third-order valence-corrected chi connectivity index (χ3v) is 4.39. The van der Waals surface area contributed by atoms with Gasteiger partial charge >= 0.3 is 0 Å². The van der Waals surface area contributed by atoms with E-state index < -0.39 is 9.84 Å². The van der Waals surface area contributed by atoms with Crippen molar-refractivity contribution in [1.29, 1.82) is 0 Å². The van der Waals surface area contributed by atoms with Crippen LogP contribution in [0.15, 0.2) is 6.07 Å². The van der Waals surface area contributed by atoms with Gasteiger partial charge in [-0.1, -0.05) is 0 Å². The molecule has 17 heavy (non-hydrogen) atoms. The van der Waals surface area contributed by atoms with Crippen molar-refractivity contribution in [3.8, 4) is 0 Å². The fourth-order valence-electron chi connectivity index (χ4n) is 1.76. The second-order valence-corrected chi connectivity index (χ2v) is 6.31. The molecule has 1 aliphatic heterocycles. The molecule has 1 aromatic heterocycles. The molecule has 2 heterocycles. The number of nitrogens with two attached hydrogens (primary N) is 1. The molecule has 0 radical (unpaired) electrons. The van der Waals surface area contributed by atoms with Crippen molar-refractivity contribution in [2.75, 3.05) is 30.3 Å². The minimum Gasteiger partial charge on any atom is -0.382 e. The molecule has 1 aliphatic rings. The minimum absolute atomic E-state index is 0.0162. The highest BCUT2D eigenvalue weighted by atomic mass is 32.2. The number of carbonyl (C=O) groups is 1. The molecule has 8 heteroatoms. The van der Waals surface area contributed by atoms with Crippen molar-refractivity contribution >= 4 is 21.6 Å². The van der Waals surface area contributed by atoms with Crippen molar-refractivity contribution in [3.05, 3.63) is 11.8 Å². The number of H-pyrrole nitrogens is 1. The van der Waals surface area contributed by atoms with Gasteiger partial charge in [0.25, 0.3) is 5.91 Å². The summed E-state index contributed by atoms with van der Waals surface area (Å²) in [7, 11) is -3.01. The van der Waals surface area contributed by atoms with E-state index >= 15 is 0 Å². The van der Waals surface area contributed by atoms with Gasteiger partial charge in [0.05, 0.1) is 11.5 Å². The maximum absolute atomic E-state index is 12.0. The quantitative estimate of drug-likeness (QED) is 0.689. The summed E-state index contributed by atoms with van der Waals surface area (Å²) in [6, 6.07) is 1.45. The molecule has 0 spiro atoms. The molecule has 0 bridgehead atoms. The van der Waals surface area contributed by atoms with Crippen molar-refractivity contribution in [2.45, 2.75) is 6.42 Å². The maximum Gasteiger partial charge on any atom is 0.271 e. The van der Waals surface area contributed by atoms with Gasteiger partial charge in [-0.25, -0.2) is 8.42 Å². The van der Waals surface area contributed by atoms with Gasteiger partial charge in [0.15, 0.2) is 9.84 Å². The monoisotopic (exact) mass is 258 g/mol. The van der Waals surface area contributed by atoms with Crippen molar-refractivity contribution in [2.24, 2.45) is 0 Å². The number of nitrogens with zero attached hydrogens (tertiary/aromatic N) is 2. The lowest BCUT2D eigenvalue weighted by molar-refractivity contribution is 0.0762. The summed E-state index contributed by atoms with van der Waals surface area (Å²) in [5.41, 5.74) is 5.70. The van der Waals surface area contributed by atoms with Crippen LogP contribution in [0.2, 0.25) is 0 Å². The van der Waals surface area contributed by atoms with E-state index in [1.54, 1.807) is 0 Å². The summed E-state index contributed by atoms with van der Waals surface area (Å²) in [5.74, 6) is 0.145. The van der Waals surface area contributed by atoms with Crippen LogP contribution in [0.1, 0.15) is 16.9 Å². The van der Waals surface area contributed by atoms with E-state index in [1.807, 2.05) is 0 Å². The van der Waals surface area contributed by atoms with E-state index in [9.17, 15) is 13.2 Å². The number of sulfone groups is 1. The number of aromatic nitrogens is 2. The third kappa shape index (κ3) is 2.76. The Hall–Kier alpha value is -1.57. The molecule has 7 nitrogen and oxygen atoms in total. The first-order valence-corrected chi connectivity index (χ1v) is 7.11. The van der Waals surface area contributed by atoms with Gasteiger partial charge in [0, 0.05) is 19.2 Å². The topological polar surface area (TPSA) is 109 Å². The first-order chi connectivity index (χ1) is 7.98. The van der Waals surface area contributed by atoms with E-state index in [-0.39, 0.29) is 29.8 Å². The van der Waals surface area contributed by atoms with E-state index in [0.717, 1.165) is 0 Å². The van der Waals surface area contributed by atoms with Gasteiger partial charge in [-0.05, 0) is 6.42 Å². The number of hydrogen-bond acceptors (Lipinski definition) is 5. The van der Waals surface area contributed by atoms with Crippen LogP contribution in [0.3, 0.4) is 0 Å². The van der Waals surface area contributed by atoms with Crippen LogP contribution in [0.4, 0.5) is 5.82 Å². The molecule has 1 saturated heterocycles. The number of hydrogen-bond donors (Lipinski definition) is 2. The lowest BCUT2D eigenvalue weighted by atomic mass is 10.3. The second kappa shape index (κ2) is 4.36. The Bertz CT molecular complexity index is 522. The second-order valence-electron chi connectivity index (χ2n) is 4.00. The van der Waals surface area contributed by atoms with E-state index in [0.29, 0.717) is 18.7 Å². The molecule has 0 aliphatic carbocycles. The van der Waals surface area contributed by atoms with Gasteiger partial charge < -0.3 is 10.6 Å². The highest BCUT2D eigenvalue weighted by Gasteiger charge is 2.24. The lowest BCUT2D eigenvalue weighted by Crippen LogP contribution is -2.33. The van der Waals surface area contributed by atoms with Gasteiger partial charge in [-0.3, -0.25) is 9.89 Å². The summed E-state index contributed by atoms with van der Waals surface area (Å²) >= 11 is 0.